The fraction of sp³-hybridized carbons (Fsp3) is 0.500. The first-order chi connectivity index (χ1) is 8.71. The van der Waals surface area contributed by atoms with Gasteiger partial charge in [0.25, 0.3) is 0 Å². The monoisotopic (exact) mass is 245 g/mol. The van der Waals surface area contributed by atoms with Gasteiger partial charge < -0.3 is 10.5 Å². The molecular weight excluding hydrogens is 222 g/mol. The predicted octanol–water partition coefficient (Wildman–Crippen LogP) is 3.12. The van der Waals surface area contributed by atoms with Crippen molar-refractivity contribution in [1.29, 1.82) is 0 Å². The lowest BCUT2D eigenvalue weighted by Gasteiger charge is -2.14. The maximum absolute atomic E-state index is 5.82. The van der Waals surface area contributed by atoms with Gasteiger partial charge in [0.15, 0.2) is 0 Å². The van der Waals surface area contributed by atoms with Crippen LogP contribution < -0.4 is 10.5 Å². The van der Waals surface area contributed by atoms with Crippen molar-refractivity contribution >= 4 is 0 Å². The third kappa shape index (κ3) is 4.43. The SMILES string of the molecule is CCC(CC)COc1ccc(C#CCN)c(C)c1. The van der Waals surface area contributed by atoms with Gasteiger partial charge in [0.2, 0.25) is 0 Å². The zero-order chi connectivity index (χ0) is 13.4. The molecule has 98 valence electrons. The number of hydrogen-bond donors (Lipinski definition) is 1. The van der Waals surface area contributed by atoms with E-state index in [2.05, 4.69) is 25.7 Å². The number of aryl methyl sites for hydroxylation is 1. The molecule has 0 saturated carbocycles. The molecular formula is C16H23NO. The Morgan fingerprint density at radius 2 is 2.00 bits per heavy atom. The number of ether oxygens (including phenoxy) is 1. The van der Waals surface area contributed by atoms with E-state index in [0.29, 0.717) is 12.5 Å². The van der Waals surface area contributed by atoms with Crippen LogP contribution in [0.25, 0.3) is 0 Å². The molecule has 0 amide bonds. The summed E-state index contributed by atoms with van der Waals surface area (Å²) in [4.78, 5) is 0. The zero-order valence-corrected chi connectivity index (χ0v) is 11.6. The van der Waals surface area contributed by atoms with Crippen molar-refractivity contribution in [2.45, 2.75) is 33.6 Å². The van der Waals surface area contributed by atoms with Gasteiger partial charge in [0.1, 0.15) is 5.75 Å². The fourth-order valence-electron chi connectivity index (χ4n) is 1.75. The molecule has 0 spiro atoms. The average molecular weight is 245 g/mol. The first-order valence-electron chi connectivity index (χ1n) is 6.63. The molecule has 2 heteroatoms. The smallest absolute Gasteiger partial charge is 0.119 e. The van der Waals surface area contributed by atoms with E-state index in [1.54, 1.807) is 0 Å². The maximum atomic E-state index is 5.82. The molecule has 0 fully saturated rings. The highest BCUT2D eigenvalue weighted by Gasteiger charge is 2.05. The molecule has 0 heterocycles. The van der Waals surface area contributed by atoms with Crippen molar-refractivity contribution < 1.29 is 4.74 Å². The summed E-state index contributed by atoms with van der Waals surface area (Å²) < 4.78 is 5.82. The fourth-order valence-corrected chi connectivity index (χ4v) is 1.75. The second-order valence-electron chi connectivity index (χ2n) is 4.48. The molecule has 0 aliphatic rings. The molecule has 0 radical (unpaired) electrons. The van der Waals surface area contributed by atoms with Crippen molar-refractivity contribution in [1.82, 2.24) is 0 Å². The van der Waals surface area contributed by atoms with Gasteiger partial charge in [0.05, 0.1) is 13.2 Å². The number of benzene rings is 1. The highest BCUT2D eigenvalue weighted by Crippen LogP contribution is 2.18. The molecule has 0 unspecified atom stereocenters. The lowest BCUT2D eigenvalue weighted by molar-refractivity contribution is 0.240. The molecule has 1 rings (SSSR count). The lowest BCUT2D eigenvalue weighted by atomic mass is 10.1. The molecule has 0 bridgehead atoms. The quantitative estimate of drug-likeness (QED) is 0.809. The summed E-state index contributed by atoms with van der Waals surface area (Å²) in [6.45, 7) is 7.64. The summed E-state index contributed by atoms with van der Waals surface area (Å²) in [6, 6.07) is 6.03. The van der Waals surface area contributed by atoms with Crippen LogP contribution in [0.4, 0.5) is 0 Å². The summed E-state index contributed by atoms with van der Waals surface area (Å²) >= 11 is 0. The minimum Gasteiger partial charge on any atom is -0.493 e. The second-order valence-corrected chi connectivity index (χ2v) is 4.48. The molecule has 0 atom stereocenters. The van der Waals surface area contributed by atoms with Crippen molar-refractivity contribution in [2.24, 2.45) is 11.7 Å². The first-order valence-corrected chi connectivity index (χ1v) is 6.63. The molecule has 1 aromatic carbocycles. The Labute approximate surface area is 111 Å². The van der Waals surface area contributed by atoms with Crippen LogP contribution in [-0.4, -0.2) is 13.2 Å². The van der Waals surface area contributed by atoms with Crippen molar-refractivity contribution in [3.63, 3.8) is 0 Å². The van der Waals surface area contributed by atoms with Gasteiger partial charge in [-0.2, -0.15) is 0 Å². The van der Waals surface area contributed by atoms with Crippen molar-refractivity contribution in [2.75, 3.05) is 13.2 Å². The molecule has 1 aromatic rings. The van der Waals surface area contributed by atoms with Crippen LogP contribution in [0.5, 0.6) is 5.75 Å². The molecule has 0 saturated heterocycles. The summed E-state index contributed by atoms with van der Waals surface area (Å²) in [7, 11) is 0. The topological polar surface area (TPSA) is 35.2 Å². The lowest BCUT2D eigenvalue weighted by Crippen LogP contribution is -2.10. The highest BCUT2D eigenvalue weighted by molar-refractivity contribution is 5.44. The Hall–Kier alpha value is -1.46. The first kappa shape index (κ1) is 14.6. The van der Waals surface area contributed by atoms with E-state index < -0.39 is 0 Å². The third-order valence-corrected chi connectivity index (χ3v) is 3.16. The highest BCUT2D eigenvalue weighted by atomic mass is 16.5. The van der Waals surface area contributed by atoms with Crippen molar-refractivity contribution in [3.05, 3.63) is 29.3 Å². The van der Waals surface area contributed by atoms with E-state index >= 15 is 0 Å². The van der Waals surface area contributed by atoms with E-state index in [1.165, 1.54) is 0 Å². The average Bonchev–Trinajstić information content (AvgIpc) is 2.39. The number of hydrogen-bond acceptors (Lipinski definition) is 2. The molecule has 0 aromatic heterocycles. The van der Waals surface area contributed by atoms with Gasteiger partial charge in [-0.3, -0.25) is 0 Å². The van der Waals surface area contributed by atoms with Gasteiger partial charge in [-0.25, -0.2) is 0 Å². The molecule has 18 heavy (non-hydrogen) atoms. The van der Waals surface area contributed by atoms with Crippen LogP contribution in [0, 0.1) is 24.7 Å². The predicted molar refractivity (Wildman–Crippen MR) is 76.7 cm³/mol. The Morgan fingerprint density at radius 3 is 2.56 bits per heavy atom. The molecule has 2 N–H and O–H groups in total. The van der Waals surface area contributed by atoms with Crippen molar-refractivity contribution in [3.8, 4) is 17.6 Å². The van der Waals surface area contributed by atoms with Gasteiger partial charge in [-0.1, -0.05) is 38.5 Å². The third-order valence-electron chi connectivity index (χ3n) is 3.16. The largest absolute Gasteiger partial charge is 0.493 e. The van der Waals surface area contributed by atoms with Gasteiger partial charge in [-0.05, 0) is 36.6 Å². The standard InChI is InChI=1S/C16H23NO/c1-4-14(5-2)12-18-16-9-8-15(7-6-10-17)13(3)11-16/h8-9,11,14H,4-5,10,12,17H2,1-3H3. The Morgan fingerprint density at radius 1 is 1.28 bits per heavy atom. The van der Waals surface area contributed by atoms with Crippen LogP contribution >= 0.6 is 0 Å². The zero-order valence-electron chi connectivity index (χ0n) is 11.6. The van der Waals surface area contributed by atoms with Crippen LogP contribution in [0.15, 0.2) is 18.2 Å². The van der Waals surface area contributed by atoms with Crippen LogP contribution in [0.3, 0.4) is 0 Å². The van der Waals surface area contributed by atoms with Gasteiger partial charge in [0, 0.05) is 5.56 Å². The summed E-state index contributed by atoms with van der Waals surface area (Å²) in [5.74, 6) is 7.50. The van der Waals surface area contributed by atoms with E-state index in [4.69, 9.17) is 10.5 Å². The van der Waals surface area contributed by atoms with Gasteiger partial charge >= 0.3 is 0 Å². The summed E-state index contributed by atoms with van der Waals surface area (Å²) in [5, 5.41) is 0. The number of nitrogens with two attached hydrogens (primary N) is 1. The Balaban J connectivity index is 2.66. The second kappa shape index (κ2) is 7.79. The number of rotatable bonds is 5. The Kier molecular flexibility index (Phi) is 6.32. The van der Waals surface area contributed by atoms with Crippen LogP contribution in [0.1, 0.15) is 37.8 Å². The van der Waals surface area contributed by atoms with Crippen LogP contribution in [0.2, 0.25) is 0 Å². The molecule has 0 aliphatic carbocycles. The van der Waals surface area contributed by atoms with E-state index in [1.807, 2.05) is 25.1 Å². The Bertz CT molecular complexity index is 424. The van der Waals surface area contributed by atoms with Gasteiger partial charge in [-0.15, -0.1) is 0 Å². The minimum atomic E-state index is 0.395. The summed E-state index contributed by atoms with van der Waals surface area (Å²) in [5.41, 5.74) is 7.53. The van der Waals surface area contributed by atoms with E-state index in [0.717, 1.165) is 36.3 Å². The molecule has 2 nitrogen and oxygen atoms in total. The van der Waals surface area contributed by atoms with E-state index in [-0.39, 0.29) is 0 Å². The van der Waals surface area contributed by atoms with Crippen LogP contribution in [-0.2, 0) is 0 Å². The maximum Gasteiger partial charge on any atom is 0.119 e. The van der Waals surface area contributed by atoms with E-state index in [9.17, 15) is 0 Å². The normalized spacial score (nSPS) is 10.1. The summed E-state index contributed by atoms with van der Waals surface area (Å²) in [6.07, 6.45) is 2.32. The minimum absolute atomic E-state index is 0.395. The molecule has 0 aliphatic heterocycles.